The first-order valence-electron chi connectivity index (χ1n) is 7.58. The zero-order valence-corrected chi connectivity index (χ0v) is 14.8. The van der Waals surface area contributed by atoms with Gasteiger partial charge in [-0.25, -0.2) is 8.42 Å². The van der Waals surface area contributed by atoms with Crippen molar-refractivity contribution in [2.75, 3.05) is 27.3 Å². The van der Waals surface area contributed by atoms with Crippen molar-refractivity contribution in [1.82, 2.24) is 4.90 Å². The molecule has 1 aromatic rings. The number of hydrogen-bond acceptors (Lipinski definition) is 5. The molecule has 1 amide bonds. The Labute approximate surface area is 137 Å². The van der Waals surface area contributed by atoms with Gasteiger partial charge in [0.1, 0.15) is 5.25 Å². The summed E-state index contributed by atoms with van der Waals surface area (Å²) in [6.07, 6.45) is 1.85. The average molecular weight is 341 g/mol. The minimum Gasteiger partial charge on any atom is -0.493 e. The molecule has 1 aliphatic rings. The Bertz CT molecular complexity index is 693. The number of hydrogen-bond donors (Lipinski definition) is 0. The van der Waals surface area contributed by atoms with Crippen molar-refractivity contribution in [2.24, 2.45) is 0 Å². The third-order valence-electron chi connectivity index (χ3n) is 4.22. The third-order valence-corrected chi connectivity index (χ3v) is 6.40. The van der Waals surface area contributed by atoms with Crippen molar-refractivity contribution in [3.63, 3.8) is 0 Å². The lowest BCUT2D eigenvalue weighted by atomic mass is 10.2. The van der Waals surface area contributed by atoms with Crippen molar-refractivity contribution in [1.29, 1.82) is 0 Å². The van der Waals surface area contributed by atoms with E-state index in [9.17, 15) is 13.2 Å². The molecule has 1 fully saturated rings. The van der Waals surface area contributed by atoms with Crippen LogP contribution in [0.3, 0.4) is 0 Å². The maximum absolute atomic E-state index is 12.9. The molecule has 0 aliphatic carbocycles. The first-order chi connectivity index (χ1) is 10.8. The summed E-state index contributed by atoms with van der Waals surface area (Å²) in [7, 11) is -0.853. The van der Waals surface area contributed by atoms with Crippen LogP contribution in [0.15, 0.2) is 17.0 Å². The van der Waals surface area contributed by atoms with Crippen LogP contribution >= 0.6 is 0 Å². The molecular weight excluding hydrogens is 318 g/mol. The van der Waals surface area contributed by atoms with Crippen LogP contribution in [0.2, 0.25) is 0 Å². The maximum Gasteiger partial charge on any atom is 0.241 e. The van der Waals surface area contributed by atoms with Crippen LogP contribution in [0, 0.1) is 6.92 Å². The van der Waals surface area contributed by atoms with Crippen LogP contribution in [0.5, 0.6) is 11.5 Å². The van der Waals surface area contributed by atoms with Crippen LogP contribution in [0.25, 0.3) is 0 Å². The molecule has 2 rings (SSSR count). The minimum absolute atomic E-state index is 0.107. The van der Waals surface area contributed by atoms with Gasteiger partial charge in [0, 0.05) is 19.2 Å². The Hall–Kier alpha value is -1.76. The van der Waals surface area contributed by atoms with Crippen LogP contribution in [-0.4, -0.2) is 51.8 Å². The van der Waals surface area contributed by atoms with E-state index in [1.165, 1.54) is 27.2 Å². The van der Waals surface area contributed by atoms with Gasteiger partial charge < -0.3 is 14.4 Å². The molecule has 23 heavy (non-hydrogen) atoms. The first-order valence-corrected chi connectivity index (χ1v) is 9.13. The second-order valence-electron chi connectivity index (χ2n) is 5.69. The Kier molecular flexibility index (Phi) is 5.19. The zero-order valence-electron chi connectivity index (χ0n) is 14.0. The quantitative estimate of drug-likeness (QED) is 0.816. The number of nitrogens with zero attached hydrogens (tertiary/aromatic N) is 1. The number of carbonyl (C=O) groups is 1. The number of carbonyl (C=O) groups excluding carboxylic acids is 1. The van der Waals surface area contributed by atoms with E-state index in [0.717, 1.165) is 12.8 Å². The van der Waals surface area contributed by atoms with E-state index in [1.54, 1.807) is 17.9 Å². The normalized spacial score (nSPS) is 16.3. The van der Waals surface area contributed by atoms with Crippen molar-refractivity contribution in [3.05, 3.63) is 17.7 Å². The molecule has 7 heteroatoms. The van der Waals surface area contributed by atoms with Gasteiger partial charge in [0.2, 0.25) is 5.91 Å². The smallest absolute Gasteiger partial charge is 0.241 e. The largest absolute Gasteiger partial charge is 0.493 e. The molecule has 0 saturated carbocycles. The van der Waals surface area contributed by atoms with Crippen LogP contribution in [0.1, 0.15) is 25.3 Å². The van der Waals surface area contributed by atoms with Crippen molar-refractivity contribution in [3.8, 4) is 11.5 Å². The summed E-state index contributed by atoms with van der Waals surface area (Å²) in [6, 6.07) is 3.04. The summed E-state index contributed by atoms with van der Waals surface area (Å²) in [4.78, 5) is 14.2. The number of benzene rings is 1. The molecule has 1 atom stereocenters. The molecule has 1 heterocycles. The second kappa shape index (κ2) is 6.78. The topological polar surface area (TPSA) is 72.9 Å². The SMILES string of the molecule is COc1cc(C)c(S(=O)(=O)C(C)C(=O)N2CCCC2)cc1OC. The predicted octanol–water partition coefficient (Wildman–Crippen LogP) is 1.80. The Morgan fingerprint density at radius 3 is 2.17 bits per heavy atom. The number of ether oxygens (including phenoxy) is 2. The number of rotatable bonds is 5. The highest BCUT2D eigenvalue weighted by atomic mass is 32.2. The van der Waals surface area contributed by atoms with Gasteiger partial charge in [0.25, 0.3) is 0 Å². The molecule has 1 unspecified atom stereocenters. The molecule has 6 nitrogen and oxygen atoms in total. The van der Waals surface area contributed by atoms with E-state index in [0.29, 0.717) is 30.2 Å². The van der Waals surface area contributed by atoms with Gasteiger partial charge in [0.15, 0.2) is 21.3 Å². The lowest BCUT2D eigenvalue weighted by molar-refractivity contribution is -0.129. The molecule has 1 aliphatic heterocycles. The van der Waals surface area contributed by atoms with Crippen LogP contribution in [0.4, 0.5) is 0 Å². The Morgan fingerprint density at radius 2 is 1.65 bits per heavy atom. The highest BCUT2D eigenvalue weighted by Gasteiger charge is 2.35. The number of methoxy groups -OCH3 is 2. The monoisotopic (exact) mass is 341 g/mol. The van der Waals surface area contributed by atoms with Crippen LogP contribution in [-0.2, 0) is 14.6 Å². The van der Waals surface area contributed by atoms with Crippen LogP contribution < -0.4 is 9.47 Å². The van der Waals surface area contributed by atoms with Gasteiger partial charge in [-0.1, -0.05) is 0 Å². The van der Waals surface area contributed by atoms with E-state index in [1.807, 2.05) is 0 Å². The summed E-state index contributed by atoms with van der Waals surface area (Å²) < 4.78 is 36.1. The van der Waals surface area contributed by atoms with E-state index in [2.05, 4.69) is 0 Å². The fraction of sp³-hybridized carbons (Fsp3) is 0.562. The highest BCUT2D eigenvalue weighted by molar-refractivity contribution is 7.92. The zero-order chi connectivity index (χ0) is 17.2. The molecule has 0 bridgehead atoms. The summed E-state index contributed by atoms with van der Waals surface area (Å²) in [5, 5.41) is -1.11. The van der Waals surface area contributed by atoms with Gasteiger partial charge in [-0.05, 0) is 38.3 Å². The molecule has 128 valence electrons. The number of amides is 1. The predicted molar refractivity (Wildman–Crippen MR) is 86.7 cm³/mol. The third kappa shape index (κ3) is 3.29. The lowest BCUT2D eigenvalue weighted by Gasteiger charge is -2.21. The molecule has 0 spiro atoms. The van der Waals surface area contributed by atoms with E-state index in [-0.39, 0.29) is 10.8 Å². The highest BCUT2D eigenvalue weighted by Crippen LogP contribution is 2.34. The minimum atomic E-state index is -3.79. The fourth-order valence-corrected chi connectivity index (χ4v) is 4.36. The van der Waals surface area contributed by atoms with Gasteiger partial charge in [-0.2, -0.15) is 0 Å². The van der Waals surface area contributed by atoms with E-state index < -0.39 is 15.1 Å². The standard InChI is InChI=1S/C16H23NO5S/c1-11-9-13(21-3)14(22-4)10-15(11)23(19,20)12(2)16(18)17-7-5-6-8-17/h9-10,12H,5-8H2,1-4H3. The Balaban J connectivity index is 2.40. The van der Waals surface area contributed by atoms with Crippen molar-refractivity contribution >= 4 is 15.7 Å². The maximum atomic E-state index is 12.9. The van der Waals surface area contributed by atoms with Crippen molar-refractivity contribution in [2.45, 2.75) is 36.8 Å². The van der Waals surface area contributed by atoms with E-state index in [4.69, 9.17) is 9.47 Å². The summed E-state index contributed by atoms with van der Waals surface area (Å²) in [5.74, 6) is 0.455. The molecule has 1 saturated heterocycles. The average Bonchev–Trinajstić information content (AvgIpc) is 3.07. The summed E-state index contributed by atoms with van der Waals surface area (Å²) >= 11 is 0. The molecule has 1 aromatic carbocycles. The fourth-order valence-electron chi connectivity index (χ4n) is 2.79. The lowest BCUT2D eigenvalue weighted by Crippen LogP contribution is -2.40. The summed E-state index contributed by atoms with van der Waals surface area (Å²) in [5.41, 5.74) is 0.531. The first kappa shape index (κ1) is 17.6. The number of aryl methyl sites for hydroxylation is 1. The molecule has 0 radical (unpaired) electrons. The Morgan fingerprint density at radius 1 is 1.13 bits per heavy atom. The molecule has 0 aromatic heterocycles. The van der Waals surface area contributed by atoms with Gasteiger partial charge in [-0.3, -0.25) is 4.79 Å². The van der Waals surface area contributed by atoms with Gasteiger partial charge in [-0.15, -0.1) is 0 Å². The molecule has 0 N–H and O–H groups in total. The second-order valence-corrected chi connectivity index (χ2v) is 7.93. The van der Waals surface area contributed by atoms with Crippen molar-refractivity contribution < 1.29 is 22.7 Å². The molecular formula is C16H23NO5S. The van der Waals surface area contributed by atoms with Gasteiger partial charge >= 0.3 is 0 Å². The summed E-state index contributed by atoms with van der Waals surface area (Å²) in [6.45, 7) is 4.39. The van der Waals surface area contributed by atoms with E-state index >= 15 is 0 Å². The number of likely N-dealkylation sites (tertiary alicyclic amines) is 1. The number of sulfone groups is 1. The van der Waals surface area contributed by atoms with Gasteiger partial charge in [0.05, 0.1) is 19.1 Å².